The first-order chi connectivity index (χ1) is 24.6. The molecule has 0 radical (unpaired) electrons. The molecule has 10 atom stereocenters. The smallest absolute Gasteiger partial charge is 0.305 e. The second-order valence-corrected chi connectivity index (χ2v) is 15.6. The van der Waals surface area contributed by atoms with E-state index in [1.165, 1.54) is 51.0 Å². The topological polar surface area (TPSA) is 93.1 Å². The number of carbonyl (C=O) groups is 2. The Morgan fingerprint density at radius 2 is 1.55 bits per heavy atom. The minimum Gasteiger partial charge on any atom is -0.466 e. The van der Waals surface area contributed by atoms with Crippen molar-refractivity contribution < 1.29 is 29.3 Å². The largest absolute Gasteiger partial charge is 0.466 e. The molecule has 0 aromatic heterocycles. The van der Waals surface area contributed by atoms with Crippen molar-refractivity contribution in [3.63, 3.8) is 0 Å². The Labute approximate surface area is 312 Å². The van der Waals surface area contributed by atoms with Gasteiger partial charge in [-0.2, -0.15) is 0 Å². The van der Waals surface area contributed by atoms with E-state index in [1.807, 2.05) is 18.2 Å². The molecule has 0 aliphatic heterocycles. The summed E-state index contributed by atoms with van der Waals surface area (Å²) >= 11 is 0. The minimum atomic E-state index is -0.555. The average Bonchev–Trinajstić information content (AvgIpc) is 3.41. The van der Waals surface area contributed by atoms with Crippen molar-refractivity contribution in [2.45, 2.75) is 176 Å². The number of rotatable bonds is 27. The predicted octanol–water partition coefficient (Wildman–Crippen LogP) is 10.7. The molecule has 0 saturated heterocycles. The molecule has 1 fully saturated rings. The average molecular weight is 713 g/mol. The van der Waals surface area contributed by atoms with Gasteiger partial charge in [0.05, 0.1) is 18.8 Å². The lowest BCUT2D eigenvalue weighted by atomic mass is 9.66. The highest BCUT2D eigenvalue weighted by atomic mass is 16.5. The van der Waals surface area contributed by atoms with Crippen molar-refractivity contribution in [1.82, 2.24) is 0 Å². The normalized spacial score (nSPS) is 22.7. The Morgan fingerprint density at radius 3 is 2.18 bits per heavy atom. The molecule has 0 spiro atoms. The molecule has 1 aliphatic carbocycles. The first kappa shape index (κ1) is 45.0. The van der Waals surface area contributed by atoms with Crippen LogP contribution in [0.25, 0.3) is 0 Å². The number of carbonyl (C=O) groups excluding carboxylic acids is 2. The number of ether oxygens (including phenoxy) is 2. The standard InChI is InChI=1S/C45H76O6/c1-8-33(6)38(10-3)40(12-5)39(11-4)36(9-2)24-20-21-31-50-45(49)26-19-14-13-18-25-42-41(43(48)32-44(42)51-34(7)46)30-29-37(47)28-27-35-22-16-15-17-23-35/h13,15-18,22-23,33,36-44,47-48H,8-12,14,19-21,24-32H2,1-7H3/b18-13-/t33?,36?,37-,38?,39?,40?,41+,42+,43+,44-/m0/s1. The predicted molar refractivity (Wildman–Crippen MR) is 210 cm³/mol. The number of hydrogen-bond acceptors (Lipinski definition) is 6. The first-order valence-corrected chi connectivity index (χ1v) is 21.0. The summed E-state index contributed by atoms with van der Waals surface area (Å²) in [6.45, 7) is 16.2. The molecular weight excluding hydrogens is 636 g/mol. The van der Waals surface area contributed by atoms with E-state index in [0.29, 0.717) is 45.1 Å². The number of aliphatic hydroxyl groups is 2. The second kappa shape index (κ2) is 25.7. The third kappa shape index (κ3) is 16.2. The van der Waals surface area contributed by atoms with Crippen LogP contribution in [0.5, 0.6) is 0 Å². The van der Waals surface area contributed by atoms with Crippen LogP contribution in [0.15, 0.2) is 42.5 Å². The van der Waals surface area contributed by atoms with E-state index in [2.05, 4.69) is 65.8 Å². The summed E-state index contributed by atoms with van der Waals surface area (Å²) in [5, 5.41) is 21.6. The molecule has 5 unspecified atom stereocenters. The molecule has 0 heterocycles. The lowest BCUT2D eigenvalue weighted by Crippen LogP contribution is -2.31. The molecule has 1 aromatic carbocycles. The Morgan fingerprint density at radius 1 is 0.843 bits per heavy atom. The van der Waals surface area contributed by atoms with Gasteiger partial charge in [-0.1, -0.05) is 123 Å². The fraction of sp³-hybridized carbons (Fsp3) is 0.778. The lowest BCUT2D eigenvalue weighted by Gasteiger charge is -2.39. The summed E-state index contributed by atoms with van der Waals surface area (Å²) in [4.78, 5) is 24.3. The van der Waals surface area contributed by atoms with E-state index in [0.717, 1.165) is 61.7 Å². The van der Waals surface area contributed by atoms with Crippen LogP contribution in [-0.2, 0) is 25.5 Å². The number of allylic oxidation sites excluding steroid dienone is 2. The Hall–Kier alpha value is -2.18. The number of aryl methyl sites for hydroxylation is 1. The molecule has 2 rings (SSSR count). The van der Waals surface area contributed by atoms with Gasteiger partial charge >= 0.3 is 11.9 Å². The quantitative estimate of drug-likeness (QED) is 0.0536. The maximum atomic E-state index is 12.5. The van der Waals surface area contributed by atoms with Gasteiger partial charge in [-0.05, 0) is 98.9 Å². The number of unbranched alkanes of at least 4 members (excludes halogenated alkanes) is 2. The molecule has 1 saturated carbocycles. The molecule has 292 valence electrons. The summed E-state index contributed by atoms with van der Waals surface area (Å²) in [5.41, 5.74) is 1.21. The Balaban J connectivity index is 1.73. The van der Waals surface area contributed by atoms with Crippen LogP contribution in [0.1, 0.15) is 157 Å². The molecule has 51 heavy (non-hydrogen) atoms. The van der Waals surface area contributed by atoms with Crippen molar-refractivity contribution in [3.8, 4) is 0 Å². The van der Waals surface area contributed by atoms with Gasteiger partial charge in [0.25, 0.3) is 0 Å². The van der Waals surface area contributed by atoms with Crippen molar-refractivity contribution in [1.29, 1.82) is 0 Å². The third-order valence-corrected chi connectivity index (χ3v) is 12.3. The van der Waals surface area contributed by atoms with Gasteiger partial charge in [-0.3, -0.25) is 9.59 Å². The summed E-state index contributed by atoms with van der Waals surface area (Å²) in [5.74, 6) is 3.42. The van der Waals surface area contributed by atoms with Crippen LogP contribution in [0.2, 0.25) is 0 Å². The summed E-state index contributed by atoms with van der Waals surface area (Å²) < 4.78 is 11.2. The SMILES string of the molecule is CCC(C)C(CC)C(CC)C(CC)C(CC)CCCCOC(=O)CCC/C=C\C[C@@H]1[C@@H](CC[C@@H](O)CCc2ccccc2)[C@H](O)C[C@@H]1OC(C)=O. The first-order valence-electron chi connectivity index (χ1n) is 21.0. The molecule has 2 N–H and O–H groups in total. The highest BCUT2D eigenvalue weighted by Gasteiger charge is 2.43. The zero-order valence-corrected chi connectivity index (χ0v) is 33.6. The summed E-state index contributed by atoms with van der Waals surface area (Å²) in [6.07, 6.45) is 18.3. The van der Waals surface area contributed by atoms with Gasteiger partial charge in [0.2, 0.25) is 0 Å². The van der Waals surface area contributed by atoms with E-state index < -0.39 is 12.2 Å². The maximum absolute atomic E-state index is 12.5. The fourth-order valence-corrected chi connectivity index (χ4v) is 9.30. The lowest BCUT2D eigenvalue weighted by molar-refractivity contribution is -0.148. The van der Waals surface area contributed by atoms with Crippen LogP contribution in [0, 0.1) is 41.4 Å². The fourth-order valence-electron chi connectivity index (χ4n) is 9.30. The zero-order valence-electron chi connectivity index (χ0n) is 33.6. The van der Waals surface area contributed by atoms with Gasteiger partial charge in [0.15, 0.2) is 0 Å². The van der Waals surface area contributed by atoms with Gasteiger partial charge < -0.3 is 19.7 Å². The van der Waals surface area contributed by atoms with Crippen molar-refractivity contribution in [2.24, 2.45) is 41.4 Å². The summed E-state index contributed by atoms with van der Waals surface area (Å²) in [7, 11) is 0. The van der Waals surface area contributed by atoms with E-state index in [9.17, 15) is 19.8 Å². The van der Waals surface area contributed by atoms with Gasteiger partial charge in [0.1, 0.15) is 6.10 Å². The highest BCUT2D eigenvalue weighted by molar-refractivity contribution is 5.69. The Kier molecular flexibility index (Phi) is 22.7. The van der Waals surface area contributed by atoms with Crippen LogP contribution in [-0.4, -0.2) is 47.1 Å². The summed E-state index contributed by atoms with van der Waals surface area (Å²) in [6, 6.07) is 10.2. The van der Waals surface area contributed by atoms with Crippen molar-refractivity contribution in [2.75, 3.05) is 6.61 Å². The third-order valence-electron chi connectivity index (χ3n) is 12.3. The van der Waals surface area contributed by atoms with E-state index >= 15 is 0 Å². The van der Waals surface area contributed by atoms with Crippen molar-refractivity contribution >= 4 is 11.9 Å². The van der Waals surface area contributed by atoms with Gasteiger partial charge in [-0.25, -0.2) is 0 Å². The molecule has 0 bridgehead atoms. The van der Waals surface area contributed by atoms with Crippen LogP contribution < -0.4 is 0 Å². The van der Waals surface area contributed by atoms with E-state index in [4.69, 9.17) is 9.47 Å². The minimum absolute atomic E-state index is 0.00665. The second-order valence-electron chi connectivity index (χ2n) is 15.6. The van der Waals surface area contributed by atoms with Crippen LogP contribution in [0.3, 0.4) is 0 Å². The van der Waals surface area contributed by atoms with Crippen molar-refractivity contribution in [3.05, 3.63) is 48.0 Å². The highest BCUT2D eigenvalue weighted by Crippen LogP contribution is 2.42. The number of aliphatic hydroxyl groups excluding tert-OH is 2. The van der Waals surface area contributed by atoms with Crippen LogP contribution in [0.4, 0.5) is 0 Å². The molecule has 1 aliphatic rings. The van der Waals surface area contributed by atoms with E-state index in [-0.39, 0.29) is 29.9 Å². The molecular formula is C45H76O6. The zero-order chi connectivity index (χ0) is 37.6. The van der Waals surface area contributed by atoms with Gasteiger partial charge in [-0.15, -0.1) is 0 Å². The molecule has 6 heteroatoms. The molecule has 0 amide bonds. The molecule has 6 nitrogen and oxygen atoms in total. The van der Waals surface area contributed by atoms with Gasteiger partial charge in [0, 0.05) is 25.7 Å². The molecule has 1 aromatic rings. The Bertz CT molecular complexity index is 1090. The number of esters is 2. The van der Waals surface area contributed by atoms with Crippen LogP contribution >= 0.6 is 0 Å². The number of hydrogen-bond donors (Lipinski definition) is 2. The monoisotopic (exact) mass is 713 g/mol. The van der Waals surface area contributed by atoms with E-state index in [1.54, 1.807) is 0 Å². The maximum Gasteiger partial charge on any atom is 0.305 e. The number of benzene rings is 1.